The second kappa shape index (κ2) is 8.55. The Kier molecular flexibility index (Phi) is 7.04. The van der Waals surface area contributed by atoms with Crippen LogP contribution in [0.1, 0.15) is 24.2 Å². The molecule has 1 aromatic carbocycles. The molecular weight excluding hydrogens is 258 g/mol. The summed E-state index contributed by atoms with van der Waals surface area (Å²) >= 11 is 0. The minimum absolute atomic E-state index is 0.165. The minimum atomic E-state index is -0.697. The number of ether oxygens (including phenoxy) is 2. The summed E-state index contributed by atoms with van der Waals surface area (Å²) in [5.74, 6) is 0.977. The Balaban J connectivity index is 2.45. The van der Waals surface area contributed by atoms with Crippen molar-refractivity contribution in [1.29, 1.82) is 0 Å². The van der Waals surface area contributed by atoms with Gasteiger partial charge in [0.2, 0.25) is 0 Å². The molecule has 0 saturated carbocycles. The fourth-order valence-corrected chi connectivity index (χ4v) is 1.53. The summed E-state index contributed by atoms with van der Waals surface area (Å²) in [7, 11) is 1.50. The van der Waals surface area contributed by atoms with E-state index in [1.165, 1.54) is 7.11 Å². The van der Waals surface area contributed by atoms with E-state index < -0.39 is 6.10 Å². The van der Waals surface area contributed by atoms with E-state index in [4.69, 9.17) is 9.47 Å². The lowest BCUT2D eigenvalue weighted by Crippen LogP contribution is -2.34. The van der Waals surface area contributed by atoms with Crippen LogP contribution in [0.4, 0.5) is 0 Å². The van der Waals surface area contributed by atoms with Crippen LogP contribution in [0.2, 0.25) is 0 Å². The van der Waals surface area contributed by atoms with E-state index in [0.29, 0.717) is 18.1 Å². The van der Waals surface area contributed by atoms with Crippen LogP contribution in [0.3, 0.4) is 0 Å². The van der Waals surface area contributed by atoms with E-state index in [-0.39, 0.29) is 19.1 Å². The number of carbonyl (C=O) groups is 1. The Morgan fingerprint density at radius 1 is 1.25 bits per heavy atom. The van der Waals surface area contributed by atoms with Crippen molar-refractivity contribution in [2.75, 3.05) is 26.9 Å². The van der Waals surface area contributed by atoms with Crippen LogP contribution < -0.4 is 10.1 Å². The number of carbonyl (C=O) groups excluding carboxylic acids is 1. The standard InChI is InChI=1S/C15H23NO4/c1-11(2)9-20-14-6-4-12(5-7-14)15(18)16-8-13(17)10-19-3/h4-7,11,13,17H,8-10H2,1-3H3,(H,16,18). The molecule has 2 N–H and O–H groups in total. The van der Waals surface area contributed by atoms with Gasteiger partial charge in [-0.25, -0.2) is 0 Å². The van der Waals surface area contributed by atoms with E-state index in [9.17, 15) is 9.90 Å². The highest BCUT2D eigenvalue weighted by molar-refractivity contribution is 5.94. The highest BCUT2D eigenvalue weighted by atomic mass is 16.5. The zero-order valence-corrected chi connectivity index (χ0v) is 12.3. The van der Waals surface area contributed by atoms with Crippen molar-refractivity contribution in [3.63, 3.8) is 0 Å². The van der Waals surface area contributed by atoms with Crippen LogP contribution in [-0.4, -0.2) is 44.0 Å². The monoisotopic (exact) mass is 281 g/mol. The van der Waals surface area contributed by atoms with Gasteiger partial charge in [0, 0.05) is 19.2 Å². The first-order valence-electron chi connectivity index (χ1n) is 6.71. The normalized spacial score (nSPS) is 12.2. The fourth-order valence-electron chi connectivity index (χ4n) is 1.53. The Morgan fingerprint density at radius 3 is 2.45 bits per heavy atom. The van der Waals surface area contributed by atoms with Crippen LogP contribution in [0.5, 0.6) is 5.75 Å². The van der Waals surface area contributed by atoms with Gasteiger partial charge >= 0.3 is 0 Å². The first kappa shape index (κ1) is 16.5. The Morgan fingerprint density at radius 2 is 1.90 bits per heavy atom. The molecule has 5 heteroatoms. The molecule has 0 aromatic heterocycles. The van der Waals surface area contributed by atoms with Gasteiger partial charge in [-0.3, -0.25) is 4.79 Å². The molecule has 0 saturated heterocycles. The van der Waals surface area contributed by atoms with Gasteiger partial charge in [-0.2, -0.15) is 0 Å². The lowest BCUT2D eigenvalue weighted by atomic mass is 10.2. The van der Waals surface area contributed by atoms with Gasteiger partial charge in [0.15, 0.2) is 0 Å². The molecule has 1 amide bonds. The smallest absolute Gasteiger partial charge is 0.251 e. The molecule has 1 aromatic rings. The molecule has 0 heterocycles. The predicted molar refractivity (Wildman–Crippen MR) is 77.0 cm³/mol. The van der Waals surface area contributed by atoms with E-state index in [2.05, 4.69) is 19.2 Å². The number of aliphatic hydroxyl groups excluding tert-OH is 1. The summed E-state index contributed by atoms with van der Waals surface area (Å²) in [6, 6.07) is 6.94. The minimum Gasteiger partial charge on any atom is -0.493 e. The number of methoxy groups -OCH3 is 1. The van der Waals surface area contributed by atoms with Crippen molar-refractivity contribution in [2.24, 2.45) is 5.92 Å². The van der Waals surface area contributed by atoms with Crippen molar-refractivity contribution in [3.8, 4) is 5.75 Å². The second-order valence-corrected chi connectivity index (χ2v) is 5.05. The van der Waals surface area contributed by atoms with E-state index in [1.54, 1.807) is 24.3 Å². The average Bonchev–Trinajstić information content (AvgIpc) is 2.43. The summed E-state index contributed by atoms with van der Waals surface area (Å²) in [5, 5.41) is 12.1. The van der Waals surface area contributed by atoms with Gasteiger partial charge in [-0.1, -0.05) is 13.8 Å². The van der Waals surface area contributed by atoms with Gasteiger partial charge in [0.05, 0.1) is 19.3 Å². The van der Waals surface area contributed by atoms with Gasteiger partial charge in [-0.05, 0) is 30.2 Å². The molecule has 1 unspecified atom stereocenters. The van der Waals surface area contributed by atoms with Gasteiger partial charge < -0.3 is 19.9 Å². The maximum Gasteiger partial charge on any atom is 0.251 e. The third-order valence-electron chi connectivity index (χ3n) is 2.56. The van der Waals surface area contributed by atoms with Gasteiger partial charge in [0.25, 0.3) is 5.91 Å². The molecule has 0 aliphatic heterocycles. The zero-order valence-electron chi connectivity index (χ0n) is 12.3. The molecular formula is C15H23NO4. The number of nitrogens with one attached hydrogen (secondary N) is 1. The molecule has 112 valence electrons. The van der Waals surface area contributed by atoms with Gasteiger partial charge in [0.1, 0.15) is 5.75 Å². The first-order valence-corrected chi connectivity index (χ1v) is 6.71. The molecule has 20 heavy (non-hydrogen) atoms. The average molecular weight is 281 g/mol. The van der Waals surface area contributed by atoms with E-state index in [0.717, 1.165) is 5.75 Å². The van der Waals surface area contributed by atoms with Crippen molar-refractivity contribution in [2.45, 2.75) is 20.0 Å². The largest absolute Gasteiger partial charge is 0.493 e. The number of aliphatic hydroxyl groups is 1. The van der Waals surface area contributed by atoms with E-state index in [1.807, 2.05) is 0 Å². The quantitative estimate of drug-likeness (QED) is 0.757. The van der Waals surface area contributed by atoms with Crippen molar-refractivity contribution >= 4 is 5.91 Å². The second-order valence-electron chi connectivity index (χ2n) is 5.05. The molecule has 0 bridgehead atoms. The third kappa shape index (κ3) is 6.04. The lowest BCUT2D eigenvalue weighted by Gasteiger charge is -2.11. The molecule has 0 fully saturated rings. The van der Waals surface area contributed by atoms with Crippen molar-refractivity contribution < 1.29 is 19.4 Å². The number of benzene rings is 1. The number of hydrogen-bond acceptors (Lipinski definition) is 4. The van der Waals surface area contributed by atoms with E-state index >= 15 is 0 Å². The molecule has 0 aliphatic carbocycles. The maximum absolute atomic E-state index is 11.8. The van der Waals surface area contributed by atoms with Crippen LogP contribution in [0.25, 0.3) is 0 Å². The van der Waals surface area contributed by atoms with Crippen molar-refractivity contribution in [1.82, 2.24) is 5.32 Å². The predicted octanol–water partition coefficient (Wildman–Crippen LogP) is 1.46. The summed E-state index contributed by atoms with van der Waals surface area (Å²) < 4.78 is 10.3. The third-order valence-corrected chi connectivity index (χ3v) is 2.56. The number of rotatable bonds is 8. The summed E-state index contributed by atoms with van der Waals surface area (Å²) in [6.07, 6.45) is -0.697. The fraction of sp³-hybridized carbons (Fsp3) is 0.533. The number of hydrogen-bond donors (Lipinski definition) is 2. The summed E-state index contributed by atoms with van der Waals surface area (Å²) in [4.78, 5) is 11.8. The van der Waals surface area contributed by atoms with Crippen molar-refractivity contribution in [3.05, 3.63) is 29.8 Å². The highest BCUT2D eigenvalue weighted by Crippen LogP contribution is 2.13. The highest BCUT2D eigenvalue weighted by Gasteiger charge is 2.09. The topological polar surface area (TPSA) is 67.8 Å². The number of amides is 1. The lowest BCUT2D eigenvalue weighted by molar-refractivity contribution is 0.0610. The maximum atomic E-state index is 11.8. The molecule has 0 radical (unpaired) electrons. The Bertz CT molecular complexity index is 403. The first-order chi connectivity index (χ1) is 9.52. The summed E-state index contributed by atoms with van der Waals surface area (Å²) in [5.41, 5.74) is 0.534. The molecule has 0 spiro atoms. The molecule has 0 aliphatic rings. The van der Waals surface area contributed by atoms with Crippen LogP contribution in [-0.2, 0) is 4.74 Å². The van der Waals surface area contributed by atoms with Crippen LogP contribution >= 0.6 is 0 Å². The molecule has 1 rings (SSSR count). The molecule has 1 atom stereocenters. The SMILES string of the molecule is COCC(O)CNC(=O)c1ccc(OCC(C)C)cc1. The van der Waals surface area contributed by atoms with Crippen LogP contribution in [0.15, 0.2) is 24.3 Å². The van der Waals surface area contributed by atoms with Crippen LogP contribution in [0, 0.1) is 5.92 Å². The van der Waals surface area contributed by atoms with Gasteiger partial charge in [-0.15, -0.1) is 0 Å². The summed E-state index contributed by atoms with van der Waals surface area (Å²) in [6.45, 7) is 5.16. The Hall–Kier alpha value is -1.59. The molecule has 5 nitrogen and oxygen atoms in total. The zero-order chi connectivity index (χ0) is 15.0. The Labute approximate surface area is 119 Å².